The molecule has 9 heteroatoms. The highest BCUT2D eigenvalue weighted by Crippen LogP contribution is 2.64. The molecule has 0 heterocycles. The Bertz CT molecular complexity index is 3940. The Kier molecular flexibility index (Phi) is 16.5. The molecule has 1 unspecified atom stereocenters. The first kappa shape index (κ1) is 55.3. The Balaban J connectivity index is 1.13. The number of hydrogen-bond acceptors (Lipinski definition) is 8. The smallest absolute Gasteiger partial charge is 0.187 e. The molecule has 0 radical (unpaired) electrons. The number of anilines is 3. The fourth-order valence-electron chi connectivity index (χ4n) is 12.2. The Hall–Kier alpha value is -9.26. The van der Waals surface area contributed by atoms with Crippen LogP contribution in [-0.4, -0.2) is 61.0 Å². The third kappa shape index (κ3) is 11.0. The quantitative estimate of drug-likeness (QED) is 0.0490. The maximum absolute atomic E-state index is 10.7. The average Bonchev–Trinajstić information content (AvgIpc) is 2.16. The molecular formula is C75H63N3O6. The van der Waals surface area contributed by atoms with Gasteiger partial charge in [0.05, 0.1) is 83.1 Å². The molecule has 0 aliphatic heterocycles. The van der Waals surface area contributed by atoms with Gasteiger partial charge in [-0.05, 0) is 185 Å². The van der Waals surface area contributed by atoms with E-state index < -0.39 is 5.41 Å². The Morgan fingerprint density at radius 2 is 0.810 bits per heavy atom. The lowest BCUT2D eigenvalue weighted by molar-refractivity contribution is 0.0594. The summed E-state index contributed by atoms with van der Waals surface area (Å²) in [5.41, 5.74) is 22.8. The summed E-state index contributed by atoms with van der Waals surface area (Å²) in [6.45, 7) is 12.0. The number of rotatable bonds is 22. The number of nitriles is 1. The molecule has 0 saturated carbocycles. The van der Waals surface area contributed by atoms with Crippen LogP contribution in [0, 0.1) is 17.9 Å². The van der Waals surface area contributed by atoms with Gasteiger partial charge in [-0.3, -0.25) is 0 Å². The number of ether oxygens (including phenoxy) is 6. The topological polar surface area (TPSA) is 86.8 Å². The zero-order valence-electron chi connectivity index (χ0n) is 47.4. The van der Waals surface area contributed by atoms with Crippen LogP contribution in [0.5, 0.6) is 0 Å². The van der Waals surface area contributed by atoms with Crippen molar-refractivity contribution in [2.24, 2.45) is 0 Å². The van der Waals surface area contributed by atoms with E-state index in [0.29, 0.717) is 70.7 Å². The molecule has 0 fully saturated rings. The third-order valence-corrected chi connectivity index (χ3v) is 16.0. The zero-order valence-corrected chi connectivity index (χ0v) is 47.4. The summed E-state index contributed by atoms with van der Waals surface area (Å²) in [6.07, 6.45) is 0. The van der Waals surface area contributed by atoms with Gasteiger partial charge in [-0.2, -0.15) is 5.26 Å². The van der Waals surface area contributed by atoms with E-state index in [1.165, 1.54) is 0 Å². The molecule has 2 aliphatic rings. The normalized spacial score (nSPS) is 13.4. The minimum absolute atomic E-state index is 0.332. The number of fused-ring (bicyclic) bond motifs is 10. The van der Waals surface area contributed by atoms with E-state index in [9.17, 15) is 5.26 Å². The molecule has 0 amide bonds. The van der Waals surface area contributed by atoms with Crippen molar-refractivity contribution in [2.45, 2.75) is 25.2 Å². The predicted molar refractivity (Wildman–Crippen MR) is 335 cm³/mol. The van der Waals surface area contributed by atoms with Crippen molar-refractivity contribution in [3.05, 3.63) is 274 Å². The second-order valence-electron chi connectivity index (χ2n) is 21.2. The molecule has 10 aromatic carbocycles. The van der Waals surface area contributed by atoms with Crippen molar-refractivity contribution >= 4 is 22.7 Å². The van der Waals surface area contributed by atoms with Crippen LogP contribution >= 0.6 is 0 Å². The first-order valence-electron chi connectivity index (χ1n) is 28.4. The first-order valence-corrected chi connectivity index (χ1v) is 28.4. The Labute approximate surface area is 492 Å². The average molecular weight is 1100 g/mol. The van der Waals surface area contributed by atoms with Gasteiger partial charge in [0.25, 0.3) is 0 Å². The van der Waals surface area contributed by atoms with Gasteiger partial charge in [0, 0.05) is 38.4 Å². The largest absolute Gasteiger partial charge is 0.382 e. The van der Waals surface area contributed by atoms with Crippen LogP contribution in [0.3, 0.4) is 0 Å². The summed E-state index contributed by atoms with van der Waals surface area (Å²) in [5, 5.41) is 10.7. The molecule has 9 nitrogen and oxygen atoms in total. The summed E-state index contributed by atoms with van der Waals surface area (Å²) in [5.74, 6) is 0. The van der Waals surface area contributed by atoms with E-state index in [2.05, 4.69) is 216 Å². The van der Waals surface area contributed by atoms with Crippen LogP contribution in [0.25, 0.3) is 71.6 Å². The highest BCUT2D eigenvalue weighted by molar-refractivity contribution is 5.98. The minimum Gasteiger partial charge on any atom is -0.382 e. The van der Waals surface area contributed by atoms with Crippen LogP contribution in [0.2, 0.25) is 0 Å². The van der Waals surface area contributed by atoms with Crippen molar-refractivity contribution in [2.75, 3.05) is 65.9 Å². The van der Waals surface area contributed by atoms with E-state index >= 15 is 0 Å². The standard InChI is InChI=1S/C75H63N3O6/c1-77-63-22-26-69-67-24-20-51(47-76)39-71(67)75(73(69)45-63)72-44-58(55-14-8-5-9-15-55)21-25-68(72)70-27-23-64(46-74(70)75)78(65-36-52(48-82-31-28-79-2)34-53(37-65)49-83-32-29-80-3)66-38-54(50-84-33-30-81-4)35-59(43-66)62-41-60(56-16-10-6-11-17-56)40-61(42-62)57-18-12-7-13-19-57/h5-27,34-46H,28-33,48-50H2,2-4H3. The van der Waals surface area contributed by atoms with Crippen molar-refractivity contribution < 1.29 is 28.4 Å². The summed E-state index contributed by atoms with van der Waals surface area (Å²) in [7, 11) is 5.05. The van der Waals surface area contributed by atoms with Gasteiger partial charge in [0.1, 0.15) is 0 Å². The first-order chi connectivity index (χ1) is 41.4. The molecule has 2 aliphatic carbocycles. The summed E-state index contributed by atoms with van der Waals surface area (Å²) in [6, 6.07) is 80.0. The van der Waals surface area contributed by atoms with E-state index in [-0.39, 0.29) is 0 Å². The highest BCUT2D eigenvalue weighted by Gasteiger charge is 2.52. The van der Waals surface area contributed by atoms with Crippen molar-refractivity contribution in [1.29, 1.82) is 5.26 Å². The van der Waals surface area contributed by atoms with Gasteiger partial charge in [-0.25, -0.2) is 4.85 Å². The number of methoxy groups -OCH3 is 3. The number of nitrogens with zero attached hydrogens (tertiary/aromatic N) is 3. The Morgan fingerprint density at radius 3 is 1.33 bits per heavy atom. The molecule has 0 N–H and O–H groups in total. The van der Waals surface area contributed by atoms with Crippen molar-refractivity contribution in [3.8, 4) is 72.8 Å². The second kappa shape index (κ2) is 25.1. The van der Waals surface area contributed by atoms with E-state index in [1.54, 1.807) is 21.3 Å². The van der Waals surface area contributed by atoms with Crippen molar-refractivity contribution in [1.82, 2.24) is 0 Å². The monoisotopic (exact) mass is 1100 g/mol. The maximum Gasteiger partial charge on any atom is 0.187 e. The molecule has 0 saturated heterocycles. The summed E-state index contributed by atoms with van der Waals surface area (Å²) < 4.78 is 35.3. The van der Waals surface area contributed by atoms with Crippen LogP contribution in [0.4, 0.5) is 22.7 Å². The van der Waals surface area contributed by atoms with E-state index in [0.717, 1.165) is 123 Å². The van der Waals surface area contributed by atoms with Crippen LogP contribution < -0.4 is 4.90 Å². The van der Waals surface area contributed by atoms with Crippen LogP contribution in [0.1, 0.15) is 44.5 Å². The molecule has 1 spiro atoms. The third-order valence-electron chi connectivity index (χ3n) is 16.0. The van der Waals surface area contributed by atoms with E-state index in [1.807, 2.05) is 18.2 Å². The van der Waals surface area contributed by atoms with Crippen molar-refractivity contribution in [3.63, 3.8) is 0 Å². The summed E-state index contributed by atoms with van der Waals surface area (Å²) in [4.78, 5) is 6.39. The SMILES string of the molecule is [C-]#[N+]c1ccc2c(c1)C1(c3cc(C#N)ccc3-2)c2cc(-c3ccccc3)ccc2-c2ccc(N(c3cc(COCCOC)cc(COCCOC)c3)c3cc(COCCOC)cc(-c4cc(-c5ccccc5)cc(-c5ccccc5)c4)c3)cc21. The zero-order chi connectivity index (χ0) is 57.4. The Morgan fingerprint density at radius 1 is 0.381 bits per heavy atom. The second-order valence-corrected chi connectivity index (χ2v) is 21.2. The predicted octanol–water partition coefficient (Wildman–Crippen LogP) is 17.1. The molecule has 84 heavy (non-hydrogen) atoms. The van der Waals surface area contributed by atoms with Gasteiger partial charge >= 0.3 is 0 Å². The van der Waals surface area contributed by atoms with Gasteiger partial charge in [-0.1, -0.05) is 140 Å². The maximum atomic E-state index is 10.7. The molecule has 12 rings (SSSR count). The fourth-order valence-corrected chi connectivity index (χ4v) is 12.2. The van der Waals surface area contributed by atoms with Crippen LogP contribution in [0.15, 0.2) is 218 Å². The van der Waals surface area contributed by atoms with Gasteiger partial charge < -0.3 is 33.3 Å². The van der Waals surface area contributed by atoms with Gasteiger partial charge in [0.15, 0.2) is 5.69 Å². The van der Waals surface area contributed by atoms with Gasteiger partial charge in [-0.15, -0.1) is 0 Å². The summed E-state index contributed by atoms with van der Waals surface area (Å²) >= 11 is 0. The lowest BCUT2D eigenvalue weighted by Gasteiger charge is -2.33. The van der Waals surface area contributed by atoms with Gasteiger partial charge in [0.2, 0.25) is 0 Å². The molecule has 1 atom stereocenters. The minimum atomic E-state index is -0.930. The van der Waals surface area contributed by atoms with Crippen LogP contribution in [-0.2, 0) is 53.7 Å². The molecule has 414 valence electrons. The van der Waals surface area contributed by atoms with E-state index in [4.69, 9.17) is 35.0 Å². The molecule has 0 bridgehead atoms. The highest BCUT2D eigenvalue weighted by atomic mass is 16.5. The lowest BCUT2D eigenvalue weighted by atomic mass is 9.70. The fraction of sp³-hybridized carbons (Fsp3) is 0.173. The number of benzene rings is 10. The lowest BCUT2D eigenvalue weighted by Crippen LogP contribution is -2.26. The molecular weight excluding hydrogens is 1040 g/mol. The molecule has 10 aromatic rings. The number of hydrogen-bond donors (Lipinski definition) is 0. The molecule has 0 aromatic heterocycles.